The summed E-state index contributed by atoms with van der Waals surface area (Å²) in [6, 6.07) is 7.46. The molecule has 0 spiro atoms. The van der Waals surface area contributed by atoms with Gasteiger partial charge in [0.05, 0.1) is 50.3 Å². The van der Waals surface area contributed by atoms with Crippen molar-refractivity contribution in [3.8, 4) is 17.2 Å². The maximum absolute atomic E-state index is 12.7. The van der Waals surface area contributed by atoms with Crippen LogP contribution in [0, 0.1) is 0 Å². The van der Waals surface area contributed by atoms with Crippen molar-refractivity contribution in [2.24, 2.45) is 0 Å². The third-order valence-corrected chi connectivity index (χ3v) is 3.92. The first-order valence-electron chi connectivity index (χ1n) is 7.44. The van der Waals surface area contributed by atoms with Gasteiger partial charge >= 0.3 is 5.97 Å². The van der Waals surface area contributed by atoms with Crippen LogP contribution >= 0.6 is 11.6 Å². The minimum absolute atomic E-state index is 0.213. The van der Waals surface area contributed by atoms with E-state index in [-0.39, 0.29) is 21.8 Å². The highest BCUT2D eigenvalue weighted by atomic mass is 35.5. The normalized spacial score (nSPS) is 10.0. The first-order valence-corrected chi connectivity index (χ1v) is 7.82. The van der Waals surface area contributed by atoms with Gasteiger partial charge in [0.2, 0.25) is 0 Å². The summed E-state index contributed by atoms with van der Waals surface area (Å²) < 4.78 is 20.3. The molecule has 0 unspecified atom stereocenters. The Balaban J connectivity index is 2.40. The number of anilines is 1. The van der Waals surface area contributed by atoms with E-state index in [0.717, 1.165) is 0 Å². The van der Waals surface area contributed by atoms with E-state index in [2.05, 4.69) is 10.1 Å². The van der Waals surface area contributed by atoms with E-state index in [0.29, 0.717) is 17.2 Å². The highest BCUT2D eigenvalue weighted by Gasteiger charge is 2.19. The van der Waals surface area contributed by atoms with Crippen LogP contribution in [0.25, 0.3) is 0 Å². The number of benzene rings is 2. The number of esters is 1. The number of halogens is 1. The topological polar surface area (TPSA) is 83.1 Å². The second-order valence-electron chi connectivity index (χ2n) is 5.05. The number of methoxy groups -OCH3 is 4. The Hall–Kier alpha value is -2.93. The first-order chi connectivity index (χ1) is 12.4. The number of ether oxygens (including phenoxy) is 4. The van der Waals surface area contributed by atoms with Gasteiger partial charge in [-0.25, -0.2) is 4.79 Å². The van der Waals surface area contributed by atoms with Gasteiger partial charge in [-0.15, -0.1) is 0 Å². The summed E-state index contributed by atoms with van der Waals surface area (Å²) in [5.74, 6) is 0.0486. The molecule has 0 saturated heterocycles. The molecule has 0 bridgehead atoms. The molecule has 0 heterocycles. The fraction of sp³-hybridized carbons (Fsp3) is 0.222. The molecular formula is C18H18ClNO6. The van der Waals surface area contributed by atoms with Crippen LogP contribution in [0.5, 0.6) is 17.2 Å². The van der Waals surface area contributed by atoms with Crippen LogP contribution in [0.3, 0.4) is 0 Å². The van der Waals surface area contributed by atoms with Gasteiger partial charge in [-0.05, 0) is 18.2 Å². The van der Waals surface area contributed by atoms with Crippen LogP contribution in [0.2, 0.25) is 5.02 Å². The van der Waals surface area contributed by atoms with E-state index in [1.54, 1.807) is 6.07 Å². The minimum Gasteiger partial charge on any atom is -0.496 e. The van der Waals surface area contributed by atoms with Crippen molar-refractivity contribution >= 4 is 29.2 Å². The van der Waals surface area contributed by atoms with Crippen LogP contribution in [0.15, 0.2) is 30.3 Å². The van der Waals surface area contributed by atoms with Crippen molar-refractivity contribution in [3.63, 3.8) is 0 Å². The van der Waals surface area contributed by atoms with E-state index in [1.807, 2.05) is 0 Å². The van der Waals surface area contributed by atoms with Gasteiger partial charge < -0.3 is 24.3 Å². The zero-order valence-corrected chi connectivity index (χ0v) is 15.5. The number of amides is 1. The third-order valence-electron chi connectivity index (χ3n) is 3.59. The standard InChI is InChI=1S/C18H18ClNO6/c1-23-14-9-16(25-3)15(24-2)8-11(14)17(21)20-13-7-10(18(22)26-4)5-6-12(13)19/h5-9H,1-4H3,(H,20,21). The lowest BCUT2D eigenvalue weighted by atomic mass is 10.1. The Morgan fingerprint density at radius 1 is 0.885 bits per heavy atom. The van der Waals surface area contributed by atoms with Gasteiger partial charge in [0, 0.05) is 12.1 Å². The fourth-order valence-corrected chi connectivity index (χ4v) is 2.43. The van der Waals surface area contributed by atoms with Gasteiger partial charge in [0.1, 0.15) is 5.75 Å². The quantitative estimate of drug-likeness (QED) is 0.774. The van der Waals surface area contributed by atoms with E-state index in [1.165, 1.54) is 52.7 Å². The Bertz CT molecular complexity index is 837. The molecule has 1 N–H and O–H groups in total. The molecule has 0 aliphatic carbocycles. The van der Waals surface area contributed by atoms with Gasteiger partial charge in [-0.2, -0.15) is 0 Å². The number of carbonyl (C=O) groups is 2. The van der Waals surface area contributed by atoms with E-state index >= 15 is 0 Å². The molecule has 2 aromatic rings. The van der Waals surface area contributed by atoms with Crippen LogP contribution in [0.1, 0.15) is 20.7 Å². The predicted molar refractivity (Wildman–Crippen MR) is 96.8 cm³/mol. The molecule has 138 valence electrons. The second kappa shape index (κ2) is 8.44. The largest absolute Gasteiger partial charge is 0.496 e. The zero-order chi connectivity index (χ0) is 19.3. The van der Waals surface area contributed by atoms with Crippen molar-refractivity contribution in [1.29, 1.82) is 0 Å². The lowest BCUT2D eigenvalue weighted by molar-refractivity contribution is 0.0600. The number of rotatable bonds is 6. The Morgan fingerprint density at radius 2 is 1.50 bits per heavy atom. The molecule has 1 amide bonds. The maximum atomic E-state index is 12.7. The monoisotopic (exact) mass is 379 g/mol. The highest BCUT2D eigenvalue weighted by molar-refractivity contribution is 6.34. The molecule has 8 heteroatoms. The van der Waals surface area contributed by atoms with Gasteiger partial charge in [-0.1, -0.05) is 11.6 Å². The van der Waals surface area contributed by atoms with Crippen LogP contribution in [-0.2, 0) is 4.74 Å². The summed E-state index contributed by atoms with van der Waals surface area (Å²) in [6.07, 6.45) is 0. The lowest BCUT2D eigenvalue weighted by Crippen LogP contribution is -2.14. The molecule has 0 atom stereocenters. The van der Waals surface area contributed by atoms with E-state index in [4.69, 9.17) is 25.8 Å². The van der Waals surface area contributed by atoms with Crippen LogP contribution in [-0.4, -0.2) is 40.3 Å². The SMILES string of the molecule is COC(=O)c1ccc(Cl)c(NC(=O)c2cc(OC)c(OC)cc2OC)c1. The second-order valence-corrected chi connectivity index (χ2v) is 5.46. The Kier molecular flexibility index (Phi) is 6.30. The molecule has 26 heavy (non-hydrogen) atoms. The molecule has 0 aliphatic rings. The van der Waals surface area contributed by atoms with Gasteiger partial charge in [0.15, 0.2) is 11.5 Å². The summed E-state index contributed by atoms with van der Waals surface area (Å²) in [5.41, 5.74) is 0.729. The lowest BCUT2D eigenvalue weighted by Gasteiger charge is -2.14. The summed E-state index contributed by atoms with van der Waals surface area (Å²) in [7, 11) is 5.64. The fourth-order valence-electron chi connectivity index (χ4n) is 2.26. The molecule has 0 aromatic heterocycles. The summed E-state index contributed by atoms with van der Waals surface area (Å²) in [6.45, 7) is 0. The highest BCUT2D eigenvalue weighted by Crippen LogP contribution is 2.35. The van der Waals surface area contributed by atoms with Crippen molar-refractivity contribution in [3.05, 3.63) is 46.5 Å². The number of carbonyl (C=O) groups excluding carboxylic acids is 2. The number of hydrogen-bond acceptors (Lipinski definition) is 6. The smallest absolute Gasteiger partial charge is 0.337 e. The summed E-state index contributed by atoms with van der Waals surface area (Å²) in [5, 5.41) is 2.92. The number of hydrogen-bond donors (Lipinski definition) is 1. The van der Waals surface area contributed by atoms with Gasteiger partial charge in [0.25, 0.3) is 5.91 Å². The average molecular weight is 380 g/mol. The van der Waals surface area contributed by atoms with E-state index < -0.39 is 11.9 Å². The van der Waals surface area contributed by atoms with Crippen LogP contribution in [0.4, 0.5) is 5.69 Å². The molecule has 0 radical (unpaired) electrons. The Morgan fingerprint density at radius 3 is 2.08 bits per heavy atom. The van der Waals surface area contributed by atoms with E-state index in [9.17, 15) is 9.59 Å². The Labute approximate surface area is 155 Å². The number of nitrogens with one attached hydrogen (secondary N) is 1. The molecule has 2 aromatic carbocycles. The summed E-state index contributed by atoms with van der Waals surface area (Å²) >= 11 is 6.11. The molecule has 0 saturated carbocycles. The average Bonchev–Trinajstić information content (AvgIpc) is 2.67. The van der Waals surface area contributed by atoms with Crippen molar-refractivity contribution in [2.75, 3.05) is 33.8 Å². The first kappa shape index (κ1) is 19.4. The molecule has 2 rings (SSSR count). The predicted octanol–water partition coefficient (Wildman–Crippen LogP) is 3.40. The molecule has 0 aliphatic heterocycles. The molecule has 0 fully saturated rings. The third kappa shape index (κ3) is 4.00. The molecule has 7 nitrogen and oxygen atoms in total. The van der Waals surface area contributed by atoms with Crippen molar-refractivity contribution < 1.29 is 28.5 Å². The van der Waals surface area contributed by atoms with Crippen LogP contribution < -0.4 is 19.5 Å². The minimum atomic E-state index is -0.541. The summed E-state index contributed by atoms with van der Waals surface area (Å²) in [4.78, 5) is 24.4. The zero-order valence-electron chi connectivity index (χ0n) is 14.7. The van der Waals surface area contributed by atoms with Gasteiger partial charge in [-0.3, -0.25) is 4.79 Å². The van der Waals surface area contributed by atoms with Crippen molar-refractivity contribution in [2.45, 2.75) is 0 Å². The maximum Gasteiger partial charge on any atom is 0.337 e. The molecular weight excluding hydrogens is 362 g/mol. The van der Waals surface area contributed by atoms with Crippen molar-refractivity contribution in [1.82, 2.24) is 0 Å².